The van der Waals surface area contributed by atoms with Crippen LogP contribution in [0.1, 0.15) is 12.0 Å². The van der Waals surface area contributed by atoms with E-state index in [0.717, 1.165) is 6.07 Å². The first kappa shape index (κ1) is 17.3. The molecule has 0 radical (unpaired) electrons. The third kappa shape index (κ3) is 4.01. The first-order chi connectivity index (χ1) is 10.9. The van der Waals surface area contributed by atoms with Gasteiger partial charge in [-0.1, -0.05) is 0 Å². The van der Waals surface area contributed by atoms with E-state index in [-0.39, 0.29) is 49.1 Å². The zero-order valence-corrected chi connectivity index (χ0v) is 12.3. The molecule has 2 amide bonds. The Balaban J connectivity index is 2.28. The summed E-state index contributed by atoms with van der Waals surface area (Å²) in [4.78, 5) is 24.7. The number of carbonyl (C=O) groups is 2. The molecule has 0 aromatic heterocycles. The van der Waals surface area contributed by atoms with Crippen molar-refractivity contribution in [2.45, 2.75) is 12.5 Å². The van der Waals surface area contributed by atoms with Crippen molar-refractivity contribution in [2.75, 3.05) is 36.5 Å². The molecule has 1 aromatic rings. The number of carbonyl (C=O) groups excluding carboxylic acids is 2. The summed E-state index contributed by atoms with van der Waals surface area (Å²) in [5, 5.41) is 2.42. The average molecular weight is 328 g/mol. The number of nitrogens with one attached hydrogen (secondary N) is 1. The summed E-state index contributed by atoms with van der Waals surface area (Å²) < 4.78 is 31.6. The predicted octanol–water partition coefficient (Wildman–Crippen LogP) is 0.212. The van der Waals surface area contributed by atoms with E-state index >= 15 is 0 Å². The first-order valence-electron chi connectivity index (χ1n) is 7.00. The Kier molecular flexibility index (Phi) is 5.59. The summed E-state index contributed by atoms with van der Waals surface area (Å²) in [5.41, 5.74) is 10.7. The number of ether oxygens (including phenoxy) is 1. The highest BCUT2D eigenvalue weighted by atomic mass is 19.3. The lowest BCUT2D eigenvalue weighted by Gasteiger charge is -2.29. The van der Waals surface area contributed by atoms with Gasteiger partial charge in [-0.25, -0.2) is 8.78 Å². The minimum atomic E-state index is -2.80. The zero-order valence-electron chi connectivity index (χ0n) is 12.3. The number of alkyl halides is 2. The number of rotatable bonds is 5. The monoisotopic (exact) mass is 328 g/mol. The molecule has 0 unspecified atom stereocenters. The third-order valence-electron chi connectivity index (χ3n) is 3.40. The van der Waals surface area contributed by atoms with Crippen LogP contribution < -0.4 is 21.7 Å². The molecular formula is C14H18F2N4O3. The van der Waals surface area contributed by atoms with Gasteiger partial charge in [0.05, 0.1) is 18.3 Å². The molecule has 0 bridgehead atoms. The van der Waals surface area contributed by atoms with Crippen molar-refractivity contribution in [3.05, 3.63) is 23.8 Å². The van der Waals surface area contributed by atoms with Gasteiger partial charge in [0.15, 0.2) is 0 Å². The Morgan fingerprint density at radius 2 is 2.17 bits per heavy atom. The highest BCUT2D eigenvalue weighted by Gasteiger charge is 2.26. The van der Waals surface area contributed by atoms with Crippen LogP contribution in [0.3, 0.4) is 0 Å². The average Bonchev–Trinajstić information content (AvgIpc) is 2.54. The summed E-state index contributed by atoms with van der Waals surface area (Å²) in [5.74, 6) is -0.956. The van der Waals surface area contributed by atoms with E-state index in [9.17, 15) is 18.4 Å². The number of nitrogens with two attached hydrogens (primary N) is 2. The van der Waals surface area contributed by atoms with E-state index in [4.69, 9.17) is 16.2 Å². The number of anilines is 2. The minimum Gasteiger partial charge on any atom is -0.370 e. The lowest BCUT2D eigenvalue weighted by atomic mass is 10.1. The quantitative estimate of drug-likeness (QED) is 0.716. The summed E-state index contributed by atoms with van der Waals surface area (Å²) in [6.45, 7) is 0.265. The van der Waals surface area contributed by atoms with Gasteiger partial charge >= 0.3 is 0 Å². The predicted molar refractivity (Wildman–Crippen MR) is 80.2 cm³/mol. The molecule has 0 spiro atoms. The van der Waals surface area contributed by atoms with E-state index < -0.39 is 18.4 Å². The van der Waals surface area contributed by atoms with Crippen LogP contribution in [0.2, 0.25) is 0 Å². The maximum Gasteiger partial charge on any atom is 0.265 e. The van der Waals surface area contributed by atoms with Crippen LogP contribution in [0.25, 0.3) is 0 Å². The van der Waals surface area contributed by atoms with Gasteiger partial charge in [-0.15, -0.1) is 0 Å². The topological polar surface area (TPSA) is 111 Å². The molecule has 1 heterocycles. The Morgan fingerprint density at radius 1 is 1.43 bits per heavy atom. The molecule has 1 aromatic carbocycles. The molecule has 1 aliphatic heterocycles. The molecule has 1 fully saturated rings. The molecule has 0 aliphatic carbocycles. The fraction of sp³-hybridized carbons (Fsp3) is 0.429. The second-order valence-corrected chi connectivity index (χ2v) is 5.00. The Bertz CT molecular complexity index is 597. The standard InChI is InChI=1S/C14H18F2N4O3/c15-13(16)9-5-8(19-14(22)10(18)6-17)1-2-11(9)20-3-4-23-7-12(20)21/h1-2,5,10,13H,3-4,6-7,17-18H2,(H,19,22)/t10-/m0/s1. The van der Waals surface area contributed by atoms with E-state index in [1.54, 1.807) is 0 Å². The molecule has 7 nitrogen and oxygen atoms in total. The highest BCUT2D eigenvalue weighted by molar-refractivity contribution is 5.97. The Morgan fingerprint density at radius 3 is 2.78 bits per heavy atom. The summed E-state index contributed by atoms with van der Waals surface area (Å²) >= 11 is 0. The SMILES string of the molecule is NC[C@H](N)C(=O)Nc1ccc(N2CCOCC2=O)c(C(F)F)c1. The third-order valence-corrected chi connectivity index (χ3v) is 3.40. The minimum absolute atomic E-state index is 0.0616. The number of nitrogens with zero attached hydrogens (tertiary/aromatic N) is 1. The van der Waals surface area contributed by atoms with E-state index in [1.165, 1.54) is 17.0 Å². The van der Waals surface area contributed by atoms with Gasteiger partial charge in [-0.05, 0) is 18.2 Å². The van der Waals surface area contributed by atoms with Gasteiger partial charge in [0.25, 0.3) is 12.3 Å². The second-order valence-electron chi connectivity index (χ2n) is 5.00. The van der Waals surface area contributed by atoms with Gasteiger partial charge in [0.1, 0.15) is 6.61 Å². The van der Waals surface area contributed by atoms with Crippen molar-refractivity contribution < 1.29 is 23.1 Å². The molecule has 2 rings (SSSR count). The van der Waals surface area contributed by atoms with Crippen LogP contribution >= 0.6 is 0 Å². The van der Waals surface area contributed by atoms with Gasteiger partial charge in [-0.3, -0.25) is 9.59 Å². The molecule has 23 heavy (non-hydrogen) atoms. The second kappa shape index (κ2) is 7.44. The molecule has 1 aliphatic rings. The molecule has 5 N–H and O–H groups in total. The smallest absolute Gasteiger partial charge is 0.265 e. The molecular weight excluding hydrogens is 310 g/mol. The summed E-state index contributed by atoms with van der Waals surface area (Å²) in [6.07, 6.45) is -2.80. The summed E-state index contributed by atoms with van der Waals surface area (Å²) in [7, 11) is 0. The van der Waals surface area contributed by atoms with Crippen molar-refractivity contribution in [2.24, 2.45) is 11.5 Å². The lowest BCUT2D eigenvalue weighted by molar-refractivity contribution is -0.125. The van der Waals surface area contributed by atoms with E-state index in [2.05, 4.69) is 5.32 Å². The molecule has 1 saturated heterocycles. The van der Waals surface area contributed by atoms with Crippen LogP contribution in [0, 0.1) is 0 Å². The number of halogens is 2. The number of benzene rings is 1. The van der Waals surface area contributed by atoms with Crippen LogP contribution in [-0.2, 0) is 14.3 Å². The fourth-order valence-corrected chi connectivity index (χ4v) is 2.17. The van der Waals surface area contributed by atoms with Crippen molar-refractivity contribution in [1.82, 2.24) is 0 Å². The van der Waals surface area contributed by atoms with Gasteiger partial charge < -0.3 is 26.4 Å². The van der Waals surface area contributed by atoms with Crippen LogP contribution in [0.4, 0.5) is 20.2 Å². The number of amides is 2. The van der Waals surface area contributed by atoms with Gasteiger partial charge in [0.2, 0.25) is 5.91 Å². The van der Waals surface area contributed by atoms with Gasteiger partial charge in [0, 0.05) is 24.3 Å². The Labute approximate surface area is 131 Å². The van der Waals surface area contributed by atoms with Crippen LogP contribution in [0.5, 0.6) is 0 Å². The van der Waals surface area contributed by atoms with E-state index in [0.29, 0.717) is 0 Å². The number of morpholine rings is 1. The number of hydrogen-bond acceptors (Lipinski definition) is 5. The van der Waals surface area contributed by atoms with Crippen molar-refractivity contribution in [3.8, 4) is 0 Å². The number of hydrogen-bond donors (Lipinski definition) is 3. The van der Waals surface area contributed by atoms with Gasteiger partial charge in [-0.2, -0.15) is 0 Å². The maximum atomic E-state index is 13.3. The molecule has 0 saturated carbocycles. The lowest BCUT2D eigenvalue weighted by Crippen LogP contribution is -2.42. The highest BCUT2D eigenvalue weighted by Crippen LogP contribution is 2.33. The van der Waals surface area contributed by atoms with E-state index in [1.807, 2.05) is 0 Å². The fourth-order valence-electron chi connectivity index (χ4n) is 2.17. The normalized spacial score (nSPS) is 16.6. The van der Waals surface area contributed by atoms with Crippen molar-refractivity contribution >= 4 is 23.2 Å². The Hall–Kier alpha value is -2.10. The largest absolute Gasteiger partial charge is 0.370 e. The van der Waals surface area contributed by atoms with Crippen LogP contribution in [0.15, 0.2) is 18.2 Å². The summed E-state index contributed by atoms with van der Waals surface area (Å²) in [6, 6.07) is 3.01. The zero-order chi connectivity index (χ0) is 17.0. The van der Waals surface area contributed by atoms with Crippen LogP contribution in [-0.4, -0.2) is 44.2 Å². The molecule has 126 valence electrons. The first-order valence-corrected chi connectivity index (χ1v) is 7.00. The molecule has 9 heteroatoms. The maximum absolute atomic E-state index is 13.3. The molecule has 1 atom stereocenters. The van der Waals surface area contributed by atoms with Crippen molar-refractivity contribution in [1.29, 1.82) is 0 Å². The van der Waals surface area contributed by atoms with Crippen molar-refractivity contribution in [3.63, 3.8) is 0 Å².